The third-order valence-corrected chi connectivity index (χ3v) is 5.15. The molecule has 0 saturated heterocycles. The third kappa shape index (κ3) is 7.03. The highest BCUT2D eigenvalue weighted by Gasteiger charge is 2.13. The molecule has 2 rings (SSSR count). The van der Waals surface area contributed by atoms with Crippen molar-refractivity contribution in [3.8, 4) is 5.75 Å². The maximum atomic E-state index is 12.1. The summed E-state index contributed by atoms with van der Waals surface area (Å²) in [5.74, 6) is 0.622. The number of rotatable bonds is 10. The number of sulfonamides is 1. The van der Waals surface area contributed by atoms with Crippen LogP contribution < -0.4 is 14.8 Å². The fourth-order valence-electron chi connectivity index (χ4n) is 2.11. The summed E-state index contributed by atoms with van der Waals surface area (Å²) in [5.41, 5.74) is 0. The van der Waals surface area contributed by atoms with Crippen LogP contribution in [0.3, 0.4) is 0 Å². The molecule has 0 atom stereocenters. The molecule has 2 aromatic carbocycles. The predicted octanol–water partition coefficient (Wildman–Crippen LogP) is 2.59. The van der Waals surface area contributed by atoms with Gasteiger partial charge < -0.3 is 10.1 Å². The summed E-state index contributed by atoms with van der Waals surface area (Å²) in [4.78, 5) is 11.9. The van der Waals surface area contributed by atoms with Crippen LogP contribution in [-0.2, 0) is 14.8 Å². The molecule has 0 bridgehead atoms. The second kappa shape index (κ2) is 10.2. The molecule has 0 saturated carbocycles. The van der Waals surface area contributed by atoms with Crippen LogP contribution in [0.25, 0.3) is 0 Å². The maximum Gasteiger partial charge on any atom is 0.240 e. The number of carbonyl (C=O) groups is 1. The number of nitrogens with one attached hydrogen (secondary N) is 2. The summed E-state index contributed by atoms with van der Waals surface area (Å²) in [6.07, 6.45) is 0.897. The summed E-state index contributed by atoms with van der Waals surface area (Å²) in [5, 5.41) is 3.14. The SMILES string of the molecule is O=C(CCCOc1ccccc1)NCCNS(=O)(=O)c1ccc(Cl)cc1. The molecule has 0 aliphatic heterocycles. The average molecular weight is 397 g/mol. The Morgan fingerprint density at radius 3 is 2.38 bits per heavy atom. The van der Waals surface area contributed by atoms with E-state index in [0.717, 1.165) is 5.75 Å². The minimum atomic E-state index is -3.61. The third-order valence-electron chi connectivity index (χ3n) is 3.42. The summed E-state index contributed by atoms with van der Waals surface area (Å²) in [6.45, 7) is 0.767. The van der Waals surface area contributed by atoms with E-state index in [2.05, 4.69) is 10.0 Å². The van der Waals surface area contributed by atoms with Crippen LogP contribution in [0, 0.1) is 0 Å². The molecule has 8 heteroatoms. The van der Waals surface area contributed by atoms with E-state index in [9.17, 15) is 13.2 Å². The lowest BCUT2D eigenvalue weighted by Gasteiger charge is -2.09. The zero-order valence-corrected chi connectivity index (χ0v) is 15.7. The van der Waals surface area contributed by atoms with Crippen molar-refractivity contribution in [2.45, 2.75) is 17.7 Å². The molecule has 6 nitrogen and oxygen atoms in total. The second-order valence-electron chi connectivity index (χ2n) is 5.47. The van der Waals surface area contributed by atoms with Crippen LogP contribution in [0.2, 0.25) is 5.02 Å². The molecule has 0 spiro atoms. The molecule has 2 aromatic rings. The van der Waals surface area contributed by atoms with Gasteiger partial charge in [0, 0.05) is 24.5 Å². The van der Waals surface area contributed by atoms with E-state index in [4.69, 9.17) is 16.3 Å². The smallest absolute Gasteiger partial charge is 0.240 e. The fourth-order valence-corrected chi connectivity index (χ4v) is 3.27. The molecule has 2 N–H and O–H groups in total. The van der Waals surface area contributed by atoms with Gasteiger partial charge in [-0.25, -0.2) is 13.1 Å². The molecule has 0 heterocycles. The molecule has 26 heavy (non-hydrogen) atoms. The molecule has 0 aliphatic rings. The molecule has 0 fully saturated rings. The zero-order valence-electron chi connectivity index (χ0n) is 14.2. The van der Waals surface area contributed by atoms with E-state index >= 15 is 0 Å². The average Bonchev–Trinajstić information content (AvgIpc) is 2.64. The van der Waals surface area contributed by atoms with Gasteiger partial charge in [0.05, 0.1) is 11.5 Å². The number of hydrogen-bond acceptors (Lipinski definition) is 4. The Kier molecular flexibility index (Phi) is 7.90. The van der Waals surface area contributed by atoms with Crippen LogP contribution >= 0.6 is 11.6 Å². The molecular formula is C18H21ClN2O4S. The first-order valence-electron chi connectivity index (χ1n) is 8.17. The number of halogens is 1. The number of carbonyl (C=O) groups excluding carboxylic acids is 1. The van der Waals surface area contributed by atoms with Crippen molar-refractivity contribution in [3.63, 3.8) is 0 Å². The largest absolute Gasteiger partial charge is 0.494 e. The highest BCUT2D eigenvalue weighted by atomic mass is 35.5. The maximum absolute atomic E-state index is 12.1. The highest BCUT2D eigenvalue weighted by molar-refractivity contribution is 7.89. The van der Waals surface area contributed by atoms with Gasteiger partial charge in [0.2, 0.25) is 15.9 Å². The second-order valence-corrected chi connectivity index (χ2v) is 7.67. The minimum absolute atomic E-state index is 0.108. The summed E-state index contributed by atoms with van der Waals surface area (Å²) in [6, 6.07) is 15.2. The molecule has 0 aromatic heterocycles. The standard InChI is InChI=1S/C18H21ClN2O4S/c19-15-8-10-17(11-9-15)26(23,24)21-13-12-20-18(22)7-4-14-25-16-5-2-1-3-6-16/h1-3,5-6,8-11,21H,4,7,12-14H2,(H,20,22). The van der Waals surface area contributed by atoms with Crippen molar-refractivity contribution in [2.24, 2.45) is 0 Å². The Bertz CT molecular complexity index is 796. The van der Waals surface area contributed by atoms with E-state index in [1.807, 2.05) is 30.3 Å². The molecule has 1 amide bonds. The summed E-state index contributed by atoms with van der Waals surface area (Å²) < 4.78 is 32.0. The van der Waals surface area contributed by atoms with E-state index < -0.39 is 10.0 Å². The first kappa shape index (κ1) is 20.2. The quantitative estimate of drug-likeness (QED) is 0.604. The van der Waals surface area contributed by atoms with Crippen molar-refractivity contribution >= 4 is 27.5 Å². The number of ether oxygens (including phenoxy) is 1. The minimum Gasteiger partial charge on any atom is -0.494 e. The number of amides is 1. The van der Waals surface area contributed by atoms with Gasteiger partial charge in [-0.2, -0.15) is 0 Å². The van der Waals surface area contributed by atoms with Crippen LogP contribution in [0.4, 0.5) is 0 Å². The molecular weight excluding hydrogens is 376 g/mol. The predicted molar refractivity (Wildman–Crippen MR) is 101 cm³/mol. The van der Waals surface area contributed by atoms with Gasteiger partial charge >= 0.3 is 0 Å². The van der Waals surface area contributed by atoms with Gasteiger partial charge in [-0.1, -0.05) is 29.8 Å². The van der Waals surface area contributed by atoms with Crippen molar-refractivity contribution < 1.29 is 17.9 Å². The van der Waals surface area contributed by atoms with Gasteiger partial charge in [0.25, 0.3) is 0 Å². The van der Waals surface area contributed by atoms with Gasteiger partial charge in [-0.3, -0.25) is 4.79 Å². The highest BCUT2D eigenvalue weighted by Crippen LogP contribution is 2.13. The topological polar surface area (TPSA) is 84.5 Å². The van der Waals surface area contributed by atoms with Gasteiger partial charge in [0.1, 0.15) is 5.75 Å². The van der Waals surface area contributed by atoms with E-state index in [0.29, 0.717) is 24.5 Å². The molecule has 0 aliphatic carbocycles. The Balaban J connectivity index is 1.60. The van der Waals surface area contributed by atoms with E-state index in [-0.39, 0.29) is 23.9 Å². The molecule has 0 unspecified atom stereocenters. The molecule has 140 valence electrons. The summed E-state index contributed by atoms with van der Waals surface area (Å²) in [7, 11) is -3.61. The van der Waals surface area contributed by atoms with E-state index in [1.165, 1.54) is 24.3 Å². The Morgan fingerprint density at radius 1 is 1.00 bits per heavy atom. The molecule has 0 radical (unpaired) electrons. The van der Waals surface area contributed by atoms with Gasteiger partial charge in [0.15, 0.2) is 0 Å². The number of para-hydroxylation sites is 1. The lowest BCUT2D eigenvalue weighted by Crippen LogP contribution is -2.34. The Hall–Kier alpha value is -2.09. The lowest BCUT2D eigenvalue weighted by atomic mass is 10.3. The first-order chi connectivity index (χ1) is 12.5. The van der Waals surface area contributed by atoms with Crippen LogP contribution in [-0.4, -0.2) is 34.0 Å². The normalized spacial score (nSPS) is 11.1. The van der Waals surface area contributed by atoms with Crippen molar-refractivity contribution in [3.05, 3.63) is 59.6 Å². The van der Waals surface area contributed by atoms with Gasteiger partial charge in [-0.15, -0.1) is 0 Å². The van der Waals surface area contributed by atoms with Crippen molar-refractivity contribution in [1.29, 1.82) is 0 Å². The van der Waals surface area contributed by atoms with Crippen molar-refractivity contribution in [1.82, 2.24) is 10.0 Å². The Labute approximate surface area is 158 Å². The zero-order chi connectivity index (χ0) is 18.8. The van der Waals surface area contributed by atoms with E-state index in [1.54, 1.807) is 0 Å². The van der Waals surface area contributed by atoms with Gasteiger partial charge in [-0.05, 0) is 42.8 Å². The monoisotopic (exact) mass is 396 g/mol. The number of hydrogen-bond donors (Lipinski definition) is 2. The fraction of sp³-hybridized carbons (Fsp3) is 0.278. The van der Waals surface area contributed by atoms with Crippen LogP contribution in [0.1, 0.15) is 12.8 Å². The number of benzene rings is 2. The van der Waals surface area contributed by atoms with Crippen LogP contribution in [0.5, 0.6) is 5.75 Å². The first-order valence-corrected chi connectivity index (χ1v) is 10.0. The Morgan fingerprint density at radius 2 is 1.69 bits per heavy atom. The summed E-state index contributed by atoms with van der Waals surface area (Å²) >= 11 is 5.74. The van der Waals surface area contributed by atoms with Crippen molar-refractivity contribution in [2.75, 3.05) is 19.7 Å². The lowest BCUT2D eigenvalue weighted by molar-refractivity contribution is -0.121. The van der Waals surface area contributed by atoms with Crippen LogP contribution in [0.15, 0.2) is 59.5 Å².